The molecular weight excluding hydrogens is 367 g/mol. The van der Waals surface area contributed by atoms with Crippen molar-refractivity contribution in [3.8, 4) is 11.3 Å². The van der Waals surface area contributed by atoms with Gasteiger partial charge in [-0.05, 0) is 12.1 Å². The van der Waals surface area contributed by atoms with Crippen molar-refractivity contribution in [2.45, 2.75) is 0 Å². The van der Waals surface area contributed by atoms with E-state index in [2.05, 4.69) is 9.88 Å². The van der Waals surface area contributed by atoms with Gasteiger partial charge in [-0.2, -0.15) is 0 Å². The van der Waals surface area contributed by atoms with Crippen LogP contribution in [0.5, 0.6) is 0 Å². The number of hydrogen-bond acceptors (Lipinski definition) is 5. The molecule has 0 atom stereocenters. The lowest BCUT2D eigenvalue weighted by Gasteiger charge is -2.34. The zero-order valence-corrected chi connectivity index (χ0v) is 15.9. The second-order valence-electron chi connectivity index (χ2n) is 6.51. The van der Waals surface area contributed by atoms with Gasteiger partial charge in [-0.3, -0.25) is 14.1 Å². The molecule has 27 heavy (non-hydrogen) atoms. The van der Waals surface area contributed by atoms with E-state index >= 15 is 0 Å². The highest BCUT2D eigenvalue weighted by Crippen LogP contribution is 2.26. The Morgan fingerprint density at radius 1 is 1.26 bits per heavy atom. The van der Waals surface area contributed by atoms with Gasteiger partial charge in [0, 0.05) is 57.0 Å². The highest BCUT2D eigenvalue weighted by molar-refractivity contribution is 7.15. The van der Waals surface area contributed by atoms with Gasteiger partial charge >= 0.3 is 0 Å². The second kappa shape index (κ2) is 7.75. The van der Waals surface area contributed by atoms with Crippen molar-refractivity contribution in [3.05, 3.63) is 47.4 Å². The molecule has 3 aromatic rings. The maximum Gasteiger partial charge on any atom is 0.271 e. The molecule has 0 aliphatic carbocycles. The Kier molecular flexibility index (Phi) is 5.20. The molecule has 3 heterocycles. The summed E-state index contributed by atoms with van der Waals surface area (Å²) in [5, 5.41) is 1.83. The van der Waals surface area contributed by atoms with Gasteiger partial charge in [-0.15, -0.1) is 11.3 Å². The van der Waals surface area contributed by atoms with Gasteiger partial charge in [0.25, 0.3) is 5.91 Å². The van der Waals surface area contributed by atoms with Crippen LogP contribution in [0.4, 0.5) is 4.39 Å². The molecule has 1 aliphatic rings. The Morgan fingerprint density at radius 3 is 2.78 bits per heavy atom. The van der Waals surface area contributed by atoms with E-state index in [9.17, 15) is 9.18 Å². The van der Waals surface area contributed by atoms with Gasteiger partial charge in [0.05, 0.1) is 12.3 Å². The number of imidazole rings is 1. The van der Waals surface area contributed by atoms with Crippen LogP contribution in [0.25, 0.3) is 16.2 Å². The summed E-state index contributed by atoms with van der Waals surface area (Å²) in [7, 11) is 1.70. The maximum absolute atomic E-state index is 14.1. The quantitative estimate of drug-likeness (QED) is 0.674. The second-order valence-corrected chi connectivity index (χ2v) is 7.34. The van der Waals surface area contributed by atoms with E-state index in [1.165, 1.54) is 17.4 Å². The Balaban J connectivity index is 1.52. The van der Waals surface area contributed by atoms with Gasteiger partial charge in [0.2, 0.25) is 0 Å². The van der Waals surface area contributed by atoms with Gasteiger partial charge < -0.3 is 9.64 Å². The molecule has 1 fully saturated rings. The molecule has 1 amide bonds. The molecule has 4 rings (SSSR count). The highest BCUT2D eigenvalue weighted by atomic mass is 32.1. The topological polar surface area (TPSA) is 50.1 Å². The van der Waals surface area contributed by atoms with E-state index < -0.39 is 0 Å². The SMILES string of the molecule is COCCN1CCN(C(=O)c2csc3nc(-c4ccccc4F)cn23)CC1. The number of ether oxygens (including phenoxy) is 1. The smallest absolute Gasteiger partial charge is 0.271 e. The maximum atomic E-state index is 14.1. The normalized spacial score (nSPS) is 15.6. The monoisotopic (exact) mass is 388 g/mol. The molecular formula is C19H21FN4O2S. The van der Waals surface area contributed by atoms with Crippen molar-refractivity contribution in [2.24, 2.45) is 0 Å². The van der Waals surface area contributed by atoms with E-state index in [0.717, 1.165) is 19.6 Å². The molecule has 0 saturated carbocycles. The van der Waals surface area contributed by atoms with Crippen LogP contribution >= 0.6 is 11.3 Å². The summed E-state index contributed by atoms with van der Waals surface area (Å²) >= 11 is 1.39. The minimum absolute atomic E-state index is 0.00914. The van der Waals surface area contributed by atoms with Crippen molar-refractivity contribution < 1.29 is 13.9 Å². The van der Waals surface area contributed by atoms with E-state index in [1.54, 1.807) is 35.9 Å². The molecule has 0 spiro atoms. The molecule has 1 saturated heterocycles. The zero-order chi connectivity index (χ0) is 18.8. The molecule has 142 valence electrons. The molecule has 0 radical (unpaired) electrons. The Labute approximate surface area is 160 Å². The first-order valence-corrected chi connectivity index (χ1v) is 9.77. The molecule has 0 bridgehead atoms. The molecule has 0 unspecified atom stereocenters. The third kappa shape index (κ3) is 3.60. The minimum atomic E-state index is -0.316. The average molecular weight is 388 g/mol. The highest BCUT2D eigenvalue weighted by Gasteiger charge is 2.25. The summed E-state index contributed by atoms with van der Waals surface area (Å²) in [5.74, 6) is -0.326. The Bertz CT molecular complexity index is 946. The number of carbonyl (C=O) groups is 1. The van der Waals surface area contributed by atoms with Gasteiger partial charge in [0.1, 0.15) is 11.5 Å². The van der Waals surface area contributed by atoms with E-state index in [-0.39, 0.29) is 11.7 Å². The van der Waals surface area contributed by atoms with E-state index in [4.69, 9.17) is 4.74 Å². The Morgan fingerprint density at radius 2 is 2.04 bits per heavy atom. The first-order valence-electron chi connectivity index (χ1n) is 8.89. The number of rotatable bonds is 5. The fourth-order valence-electron chi connectivity index (χ4n) is 3.29. The molecule has 8 heteroatoms. The predicted molar refractivity (Wildman–Crippen MR) is 103 cm³/mol. The largest absolute Gasteiger partial charge is 0.383 e. The van der Waals surface area contributed by atoms with E-state index in [0.29, 0.717) is 41.6 Å². The van der Waals surface area contributed by atoms with E-state index in [1.807, 2.05) is 10.3 Å². The third-order valence-corrected chi connectivity index (χ3v) is 5.69. The van der Waals surface area contributed by atoms with Crippen molar-refractivity contribution in [2.75, 3.05) is 46.4 Å². The number of hydrogen-bond donors (Lipinski definition) is 0. The van der Waals surface area contributed by atoms with Crippen LogP contribution in [0.1, 0.15) is 10.5 Å². The summed E-state index contributed by atoms with van der Waals surface area (Å²) in [6, 6.07) is 6.54. The van der Waals surface area contributed by atoms with Crippen molar-refractivity contribution in [1.82, 2.24) is 19.2 Å². The number of piperazine rings is 1. The lowest BCUT2D eigenvalue weighted by Crippen LogP contribution is -2.49. The molecule has 0 N–H and O–H groups in total. The van der Waals surface area contributed by atoms with Crippen LogP contribution in [-0.4, -0.2) is 71.5 Å². The van der Waals surface area contributed by atoms with Crippen LogP contribution < -0.4 is 0 Å². The lowest BCUT2D eigenvalue weighted by atomic mass is 10.1. The number of benzene rings is 1. The third-order valence-electron chi connectivity index (χ3n) is 4.85. The first kappa shape index (κ1) is 18.1. The number of nitrogens with zero attached hydrogens (tertiary/aromatic N) is 4. The first-order chi connectivity index (χ1) is 13.2. The molecule has 6 nitrogen and oxygen atoms in total. The molecule has 2 aromatic heterocycles. The fraction of sp³-hybridized carbons (Fsp3) is 0.368. The van der Waals surface area contributed by atoms with Crippen molar-refractivity contribution in [1.29, 1.82) is 0 Å². The molecule has 1 aliphatic heterocycles. The minimum Gasteiger partial charge on any atom is -0.383 e. The number of carbonyl (C=O) groups excluding carboxylic acids is 1. The lowest BCUT2D eigenvalue weighted by molar-refractivity contribution is 0.0588. The van der Waals surface area contributed by atoms with Gasteiger partial charge in [-0.1, -0.05) is 12.1 Å². The zero-order valence-electron chi connectivity index (χ0n) is 15.1. The number of amides is 1. The summed E-state index contributed by atoms with van der Waals surface area (Å²) in [6.07, 6.45) is 1.74. The summed E-state index contributed by atoms with van der Waals surface area (Å²) in [6.45, 7) is 4.64. The van der Waals surface area contributed by atoms with Crippen molar-refractivity contribution >= 4 is 22.2 Å². The van der Waals surface area contributed by atoms with Crippen LogP contribution in [0.2, 0.25) is 0 Å². The summed E-state index contributed by atoms with van der Waals surface area (Å²) in [5.41, 5.74) is 1.56. The number of halogens is 1. The summed E-state index contributed by atoms with van der Waals surface area (Å²) in [4.78, 5) is 22.3. The molecule has 1 aromatic carbocycles. The number of fused-ring (bicyclic) bond motifs is 1. The average Bonchev–Trinajstić information content (AvgIpc) is 3.27. The van der Waals surface area contributed by atoms with Crippen LogP contribution in [0, 0.1) is 5.82 Å². The van der Waals surface area contributed by atoms with Crippen LogP contribution in [0.15, 0.2) is 35.8 Å². The van der Waals surface area contributed by atoms with Crippen LogP contribution in [0.3, 0.4) is 0 Å². The number of methoxy groups -OCH3 is 1. The van der Waals surface area contributed by atoms with Gasteiger partial charge in [0.15, 0.2) is 4.96 Å². The predicted octanol–water partition coefficient (Wildman–Crippen LogP) is 2.61. The van der Waals surface area contributed by atoms with Crippen LogP contribution in [-0.2, 0) is 4.74 Å². The standard InChI is InChI=1S/C19H21FN4O2S/c1-26-11-10-22-6-8-23(9-7-22)18(25)17-13-27-19-21-16(12-24(17)19)14-4-2-3-5-15(14)20/h2-5,12-13H,6-11H2,1H3. The van der Waals surface area contributed by atoms with Crippen molar-refractivity contribution in [3.63, 3.8) is 0 Å². The number of thiazole rings is 1. The Hall–Kier alpha value is -2.29. The van der Waals surface area contributed by atoms with Gasteiger partial charge in [-0.25, -0.2) is 9.37 Å². The number of aromatic nitrogens is 2. The fourth-order valence-corrected chi connectivity index (χ4v) is 4.14. The summed E-state index contributed by atoms with van der Waals surface area (Å²) < 4.78 is 20.9.